The Bertz CT molecular complexity index is 145. The van der Waals surface area contributed by atoms with Gasteiger partial charge in [0.15, 0.2) is 5.78 Å². The molecule has 0 bridgehead atoms. The van der Waals surface area contributed by atoms with E-state index in [4.69, 9.17) is 5.11 Å². The molecule has 0 fully saturated rings. The average Bonchev–Trinajstić information content (AvgIpc) is 1.87. The monoisotopic (exact) mass is 141 g/mol. The number of aliphatic hydroxyl groups excluding tert-OH is 1. The van der Waals surface area contributed by atoms with Crippen LogP contribution in [0.2, 0.25) is 0 Å². The van der Waals surface area contributed by atoms with Gasteiger partial charge < -0.3 is 5.11 Å². The summed E-state index contributed by atoms with van der Waals surface area (Å²) in [6.45, 7) is 6.99. The molecule has 0 saturated heterocycles. The van der Waals surface area contributed by atoms with Crippen molar-refractivity contribution in [2.75, 3.05) is 0 Å². The zero-order valence-corrected chi connectivity index (χ0v) is 6.42. The SMILES string of the molecule is [CH2]C(O)C(=O)C=C(C)CC. The second-order valence-electron chi connectivity index (χ2n) is 2.26. The van der Waals surface area contributed by atoms with Crippen molar-refractivity contribution in [1.29, 1.82) is 0 Å². The summed E-state index contributed by atoms with van der Waals surface area (Å²) in [4.78, 5) is 10.7. The van der Waals surface area contributed by atoms with Gasteiger partial charge in [0.25, 0.3) is 0 Å². The Kier molecular flexibility index (Phi) is 3.96. The first-order valence-electron chi connectivity index (χ1n) is 3.30. The molecule has 2 nitrogen and oxygen atoms in total. The lowest BCUT2D eigenvalue weighted by Gasteiger charge is -1.98. The molecule has 0 heterocycles. The summed E-state index contributed by atoms with van der Waals surface area (Å²) in [5.41, 5.74) is 0.965. The van der Waals surface area contributed by atoms with E-state index in [1.54, 1.807) is 0 Å². The first-order chi connectivity index (χ1) is 4.57. The minimum atomic E-state index is -1.11. The lowest BCUT2D eigenvalue weighted by molar-refractivity contribution is -0.120. The van der Waals surface area contributed by atoms with Gasteiger partial charge in [-0.15, -0.1) is 0 Å². The summed E-state index contributed by atoms with van der Waals surface area (Å²) in [7, 11) is 0. The summed E-state index contributed by atoms with van der Waals surface area (Å²) in [5, 5.41) is 8.66. The summed E-state index contributed by atoms with van der Waals surface area (Å²) < 4.78 is 0. The van der Waals surface area contributed by atoms with Gasteiger partial charge in [-0.05, 0) is 26.3 Å². The molecule has 57 valence electrons. The van der Waals surface area contributed by atoms with Crippen LogP contribution < -0.4 is 0 Å². The Labute approximate surface area is 61.6 Å². The molecule has 0 saturated carbocycles. The lowest BCUT2D eigenvalue weighted by Crippen LogP contribution is -2.13. The van der Waals surface area contributed by atoms with E-state index >= 15 is 0 Å². The molecule has 0 aliphatic rings. The molecule has 10 heavy (non-hydrogen) atoms. The molecule has 1 N–H and O–H groups in total. The predicted molar refractivity (Wildman–Crippen MR) is 40.4 cm³/mol. The van der Waals surface area contributed by atoms with E-state index in [-0.39, 0.29) is 5.78 Å². The van der Waals surface area contributed by atoms with Crippen molar-refractivity contribution in [3.8, 4) is 0 Å². The van der Waals surface area contributed by atoms with Gasteiger partial charge in [0.2, 0.25) is 0 Å². The fourth-order valence-corrected chi connectivity index (χ4v) is 0.441. The Morgan fingerprint density at radius 1 is 1.80 bits per heavy atom. The van der Waals surface area contributed by atoms with E-state index in [1.807, 2.05) is 13.8 Å². The number of ketones is 1. The van der Waals surface area contributed by atoms with Gasteiger partial charge in [0.05, 0.1) is 0 Å². The Balaban J connectivity index is 4.00. The van der Waals surface area contributed by atoms with Crippen molar-refractivity contribution in [3.63, 3.8) is 0 Å². The first-order valence-corrected chi connectivity index (χ1v) is 3.30. The Morgan fingerprint density at radius 3 is 2.60 bits per heavy atom. The zero-order valence-electron chi connectivity index (χ0n) is 6.42. The lowest BCUT2D eigenvalue weighted by atomic mass is 10.1. The molecule has 0 spiro atoms. The molecular weight excluding hydrogens is 128 g/mol. The summed E-state index contributed by atoms with van der Waals surface area (Å²) in [6, 6.07) is 0. The number of allylic oxidation sites excluding steroid dienone is 1. The van der Waals surface area contributed by atoms with Crippen LogP contribution in [0.1, 0.15) is 20.3 Å². The first kappa shape index (κ1) is 9.37. The van der Waals surface area contributed by atoms with Crippen molar-refractivity contribution < 1.29 is 9.90 Å². The topological polar surface area (TPSA) is 37.3 Å². The highest BCUT2D eigenvalue weighted by Gasteiger charge is 2.04. The molecule has 2 heteroatoms. The molecule has 0 aromatic carbocycles. The molecule has 0 aromatic heterocycles. The fourth-order valence-electron chi connectivity index (χ4n) is 0.441. The molecule has 1 atom stereocenters. The minimum absolute atomic E-state index is 0.320. The summed E-state index contributed by atoms with van der Waals surface area (Å²) in [6.07, 6.45) is 1.15. The third kappa shape index (κ3) is 3.41. The van der Waals surface area contributed by atoms with E-state index in [2.05, 4.69) is 6.92 Å². The van der Waals surface area contributed by atoms with E-state index in [0.29, 0.717) is 0 Å². The number of rotatable bonds is 3. The fraction of sp³-hybridized carbons (Fsp3) is 0.500. The molecule has 0 aliphatic heterocycles. The second kappa shape index (κ2) is 4.23. The largest absolute Gasteiger partial charge is 0.385 e. The Morgan fingerprint density at radius 2 is 2.30 bits per heavy atom. The van der Waals surface area contributed by atoms with Crippen LogP contribution in [0.5, 0.6) is 0 Å². The van der Waals surface area contributed by atoms with Crippen LogP contribution in [0.4, 0.5) is 0 Å². The quantitative estimate of drug-likeness (QED) is 0.598. The van der Waals surface area contributed by atoms with Crippen LogP contribution in [0.15, 0.2) is 11.6 Å². The van der Waals surface area contributed by atoms with Crippen molar-refractivity contribution in [1.82, 2.24) is 0 Å². The summed E-state index contributed by atoms with van der Waals surface area (Å²) >= 11 is 0. The van der Waals surface area contributed by atoms with Crippen LogP contribution >= 0.6 is 0 Å². The van der Waals surface area contributed by atoms with Crippen LogP contribution in [0, 0.1) is 6.92 Å². The van der Waals surface area contributed by atoms with Crippen LogP contribution in [-0.2, 0) is 4.79 Å². The van der Waals surface area contributed by atoms with Gasteiger partial charge >= 0.3 is 0 Å². The van der Waals surface area contributed by atoms with Gasteiger partial charge in [0, 0.05) is 0 Å². The normalized spacial score (nSPS) is 15.0. The maximum Gasteiger partial charge on any atom is 0.184 e. The van der Waals surface area contributed by atoms with E-state index in [9.17, 15) is 4.79 Å². The molecular formula is C8H13O2. The number of hydrogen-bond acceptors (Lipinski definition) is 2. The van der Waals surface area contributed by atoms with E-state index < -0.39 is 6.10 Å². The Hall–Kier alpha value is -0.630. The van der Waals surface area contributed by atoms with Gasteiger partial charge in [-0.2, -0.15) is 0 Å². The van der Waals surface area contributed by atoms with Gasteiger partial charge in [-0.3, -0.25) is 4.79 Å². The third-order valence-corrected chi connectivity index (χ3v) is 1.27. The van der Waals surface area contributed by atoms with Crippen molar-refractivity contribution in [2.24, 2.45) is 0 Å². The van der Waals surface area contributed by atoms with Crippen molar-refractivity contribution in [2.45, 2.75) is 26.4 Å². The zero-order chi connectivity index (χ0) is 8.15. The highest BCUT2D eigenvalue weighted by molar-refractivity contribution is 5.94. The van der Waals surface area contributed by atoms with Crippen molar-refractivity contribution >= 4 is 5.78 Å². The van der Waals surface area contributed by atoms with Gasteiger partial charge in [-0.1, -0.05) is 12.5 Å². The van der Waals surface area contributed by atoms with Gasteiger partial charge in [-0.25, -0.2) is 0 Å². The molecule has 1 radical (unpaired) electrons. The number of hydrogen-bond donors (Lipinski definition) is 1. The summed E-state index contributed by atoms with van der Waals surface area (Å²) in [5.74, 6) is -0.320. The van der Waals surface area contributed by atoms with E-state index in [0.717, 1.165) is 12.0 Å². The number of aliphatic hydroxyl groups is 1. The highest BCUT2D eigenvalue weighted by Crippen LogP contribution is 1.98. The maximum absolute atomic E-state index is 10.7. The number of carbonyl (C=O) groups excluding carboxylic acids is 1. The maximum atomic E-state index is 10.7. The highest BCUT2D eigenvalue weighted by atomic mass is 16.3. The third-order valence-electron chi connectivity index (χ3n) is 1.27. The number of carbonyl (C=O) groups is 1. The molecule has 0 rings (SSSR count). The van der Waals surface area contributed by atoms with Crippen LogP contribution in [0.25, 0.3) is 0 Å². The van der Waals surface area contributed by atoms with Crippen molar-refractivity contribution in [3.05, 3.63) is 18.6 Å². The average molecular weight is 141 g/mol. The predicted octanol–water partition coefficient (Wildman–Crippen LogP) is 1.11. The van der Waals surface area contributed by atoms with Crippen LogP contribution in [-0.4, -0.2) is 17.0 Å². The molecule has 1 unspecified atom stereocenters. The van der Waals surface area contributed by atoms with Crippen LogP contribution in [0.3, 0.4) is 0 Å². The molecule has 0 aromatic rings. The van der Waals surface area contributed by atoms with E-state index in [1.165, 1.54) is 6.08 Å². The standard InChI is InChI=1S/C8H13O2/c1-4-6(2)5-8(10)7(3)9/h5,7,9H,3-4H2,1-2H3. The second-order valence-corrected chi connectivity index (χ2v) is 2.26. The van der Waals surface area contributed by atoms with Gasteiger partial charge in [0.1, 0.15) is 6.10 Å². The molecule has 0 amide bonds. The molecule has 0 aliphatic carbocycles. The smallest absolute Gasteiger partial charge is 0.184 e. The minimum Gasteiger partial charge on any atom is -0.385 e.